The van der Waals surface area contributed by atoms with Crippen molar-refractivity contribution in [3.8, 4) is 0 Å². The maximum absolute atomic E-state index is 12.7. The molecule has 0 N–H and O–H groups in total. The Hall–Kier alpha value is -2.91. The zero-order chi connectivity index (χ0) is 21.2. The van der Waals surface area contributed by atoms with Gasteiger partial charge in [0.05, 0.1) is 6.42 Å². The summed E-state index contributed by atoms with van der Waals surface area (Å²) in [6.07, 6.45) is 0.379. The van der Waals surface area contributed by atoms with Gasteiger partial charge in [-0.3, -0.25) is 9.69 Å². The van der Waals surface area contributed by atoms with Gasteiger partial charge < -0.3 is 4.74 Å². The molecule has 30 heavy (non-hydrogen) atoms. The van der Waals surface area contributed by atoms with Crippen molar-refractivity contribution in [3.63, 3.8) is 0 Å². The summed E-state index contributed by atoms with van der Waals surface area (Å²) in [6, 6.07) is 30.8. The van der Waals surface area contributed by atoms with Gasteiger partial charge >= 0.3 is 5.97 Å². The maximum atomic E-state index is 12.7. The van der Waals surface area contributed by atoms with Crippen LogP contribution < -0.4 is 0 Å². The van der Waals surface area contributed by atoms with Crippen molar-refractivity contribution < 1.29 is 9.53 Å². The van der Waals surface area contributed by atoms with Crippen LogP contribution in [0.15, 0.2) is 91.0 Å². The van der Waals surface area contributed by atoms with E-state index in [0.29, 0.717) is 18.9 Å². The minimum Gasteiger partial charge on any atom is -0.461 e. The number of hydrogen-bond acceptors (Lipinski definition) is 3. The van der Waals surface area contributed by atoms with Crippen LogP contribution in [0.3, 0.4) is 0 Å². The van der Waals surface area contributed by atoms with E-state index in [1.807, 2.05) is 42.5 Å². The first-order valence-electron chi connectivity index (χ1n) is 10.6. The van der Waals surface area contributed by atoms with Gasteiger partial charge in [-0.15, -0.1) is 0 Å². The molecule has 1 unspecified atom stereocenters. The number of benzene rings is 3. The fraction of sp³-hybridized carbons (Fsp3) is 0.296. The number of carbonyl (C=O) groups is 1. The summed E-state index contributed by atoms with van der Waals surface area (Å²) in [5, 5.41) is 0. The van der Waals surface area contributed by atoms with Crippen LogP contribution >= 0.6 is 0 Å². The van der Waals surface area contributed by atoms with Crippen molar-refractivity contribution in [1.82, 2.24) is 4.90 Å². The van der Waals surface area contributed by atoms with E-state index in [0.717, 1.165) is 18.7 Å². The molecule has 0 aliphatic heterocycles. The average Bonchev–Trinajstić information content (AvgIpc) is 2.77. The third kappa shape index (κ3) is 6.85. The molecule has 0 bridgehead atoms. The minimum absolute atomic E-state index is 0.0914. The monoisotopic (exact) mass is 401 g/mol. The van der Waals surface area contributed by atoms with Crippen LogP contribution in [0.1, 0.15) is 37.0 Å². The second-order valence-corrected chi connectivity index (χ2v) is 8.04. The summed E-state index contributed by atoms with van der Waals surface area (Å²) < 4.78 is 5.59. The maximum Gasteiger partial charge on any atom is 0.307 e. The summed E-state index contributed by atoms with van der Waals surface area (Å²) in [7, 11) is 0. The van der Waals surface area contributed by atoms with Gasteiger partial charge in [-0.2, -0.15) is 0 Å². The molecular weight excluding hydrogens is 370 g/mol. The van der Waals surface area contributed by atoms with E-state index >= 15 is 0 Å². The van der Waals surface area contributed by atoms with Gasteiger partial charge in [0.2, 0.25) is 0 Å². The molecule has 0 saturated carbocycles. The Balaban J connectivity index is 1.71. The third-order valence-electron chi connectivity index (χ3n) is 5.31. The fourth-order valence-electron chi connectivity index (χ4n) is 3.68. The predicted octanol–water partition coefficient (Wildman–Crippen LogP) is 5.85. The van der Waals surface area contributed by atoms with Gasteiger partial charge in [-0.1, -0.05) is 105 Å². The lowest BCUT2D eigenvalue weighted by atomic mass is 9.97. The zero-order valence-corrected chi connectivity index (χ0v) is 17.9. The Labute approximate surface area is 180 Å². The highest BCUT2D eigenvalue weighted by Crippen LogP contribution is 2.22. The Morgan fingerprint density at radius 1 is 0.733 bits per heavy atom. The van der Waals surface area contributed by atoms with Crippen molar-refractivity contribution in [2.75, 3.05) is 0 Å². The smallest absolute Gasteiger partial charge is 0.307 e. The molecule has 0 aliphatic carbocycles. The van der Waals surface area contributed by atoms with Gasteiger partial charge in [-0.25, -0.2) is 0 Å². The third-order valence-corrected chi connectivity index (χ3v) is 5.31. The molecule has 0 spiro atoms. The lowest BCUT2D eigenvalue weighted by molar-refractivity contribution is -0.147. The number of rotatable bonds is 10. The molecule has 0 radical (unpaired) electrons. The summed E-state index contributed by atoms with van der Waals surface area (Å²) in [6.45, 7) is 6.27. The van der Waals surface area contributed by atoms with Crippen molar-refractivity contribution in [2.24, 2.45) is 5.92 Å². The van der Waals surface area contributed by atoms with E-state index in [-0.39, 0.29) is 12.0 Å². The second kappa shape index (κ2) is 11.3. The van der Waals surface area contributed by atoms with Crippen molar-refractivity contribution in [2.45, 2.75) is 46.0 Å². The number of hydrogen-bond donors (Lipinski definition) is 0. The Morgan fingerprint density at radius 2 is 1.17 bits per heavy atom. The van der Waals surface area contributed by atoms with E-state index < -0.39 is 0 Å². The highest BCUT2D eigenvalue weighted by Gasteiger charge is 2.26. The van der Waals surface area contributed by atoms with Crippen LogP contribution in [0, 0.1) is 5.92 Å². The van der Waals surface area contributed by atoms with E-state index in [1.165, 1.54) is 11.1 Å². The molecule has 3 heteroatoms. The van der Waals surface area contributed by atoms with E-state index in [1.54, 1.807) is 0 Å². The van der Waals surface area contributed by atoms with E-state index in [4.69, 9.17) is 4.74 Å². The molecule has 0 saturated heterocycles. The zero-order valence-electron chi connectivity index (χ0n) is 17.9. The largest absolute Gasteiger partial charge is 0.461 e. The molecule has 0 amide bonds. The van der Waals surface area contributed by atoms with Gasteiger partial charge in [0.25, 0.3) is 0 Å². The first-order valence-corrected chi connectivity index (χ1v) is 10.6. The van der Waals surface area contributed by atoms with Crippen molar-refractivity contribution in [1.29, 1.82) is 0 Å². The molecule has 156 valence electrons. The molecule has 0 fully saturated rings. The number of esters is 1. The first kappa shape index (κ1) is 21.8. The molecule has 3 aromatic carbocycles. The molecule has 3 rings (SSSR count). The highest BCUT2D eigenvalue weighted by atomic mass is 16.5. The summed E-state index contributed by atoms with van der Waals surface area (Å²) in [5.74, 6) is 0.172. The average molecular weight is 402 g/mol. The molecule has 3 aromatic rings. The number of nitrogens with zero attached hydrogens (tertiary/aromatic N) is 1. The van der Waals surface area contributed by atoms with E-state index in [9.17, 15) is 4.79 Å². The number of ether oxygens (including phenoxy) is 1. The lowest BCUT2D eigenvalue weighted by Gasteiger charge is -2.34. The van der Waals surface area contributed by atoms with E-state index in [2.05, 4.69) is 67.3 Å². The topological polar surface area (TPSA) is 29.5 Å². The van der Waals surface area contributed by atoms with Crippen LogP contribution in [0.4, 0.5) is 0 Å². The van der Waals surface area contributed by atoms with Crippen molar-refractivity contribution in [3.05, 3.63) is 108 Å². The van der Waals surface area contributed by atoms with Gasteiger partial charge in [0, 0.05) is 19.1 Å². The molecule has 0 heterocycles. The quantitative estimate of drug-likeness (QED) is 0.399. The molecule has 3 nitrogen and oxygen atoms in total. The molecule has 0 aromatic heterocycles. The summed E-state index contributed by atoms with van der Waals surface area (Å²) in [5.41, 5.74) is 3.51. The number of carbonyl (C=O) groups excluding carboxylic acids is 1. The highest BCUT2D eigenvalue weighted by molar-refractivity contribution is 5.70. The predicted molar refractivity (Wildman–Crippen MR) is 122 cm³/mol. The van der Waals surface area contributed by atoms with Gasteiger partial charge in [0.1, 0.15) is 6.61 Å². The lowest BCUT2D eigenvalue weighted by Crippen LogP contribution is -2.40. The first-order chi connectivity index (χ1) is 14.6. The Kier molecular flexibility index (Phi) is 8.22. The van der Waals surface area contributed by atoms with Crippen LogP contribution in [0.5, 0.6) is 0 Å². The molecular formula is C27H31NO2. The van der Waals surface area contributed by atoms with Gasteiger partial charge in [0.15, 0.2) is 0 Å². The Morgan fingerprint density at radius 3 is 1.60 bits per heavy atom. The van der Waals surface area contributed by atoms with Crippen LogP contribution in [-0.2, 0) is 29.2 Å². The van der Waals surface area contributed by atoms with Crippen LogP contribution in [-0.4, -0.2) is 16.9 Å². The molecule has 1 atom stereocenters. The summed E-state index contributed by atoms with van der Waals surface area (Å²) in [4.78, 5) is 15.1. The van der Waals surface area contributed by atoms with Gasteiger partial charge in [-0.05, 0) is 22.6 Å². The molecule has 0 aliphatic rings. The normalized spacial score (nSPS) is 12.1. The fourth-order valence-corrected chi connectivity index (χ4v) is 3.68. The van der Waals surface area contributed by atoms with Crippen LogP contribution in [0.25, 0.3) is 0 Å². The Bertz CT molecular complexity index is 837. The second-order valence-electron chi connectivity index (χ2n) is 8.04. The standard InChI is InChI=1S/C27H31NO2/c1-22(2)26(18-27(29)30-21-25-16-10-5-11-17-25)28(19-23-12-6-3-7-13-23)20-24-14-8-4-9-15-24/h3-17,22,26H,18-21H2,1-2H3. The SMILES string of the molecule is CC(C)C(CC(=O)OCc1ccccc1)N(Cc1ccccc1)Cc1ccccc1. The summed E-state index contributed by atoms with van der Waals surface area (Å²) >= 11 is 0. The minimum atomic E-state index is -0.149. The van der Waals surface area contributed by atoms with Crippen LogP contribution in [0.2, 0.25) is 0 Å². The van der Waals surface area contributed by atoms with Crippen molar-refractivity contribution >= 4 is 5.97 Å².